The van der Waals surface area contributed by atoms with Gasteiger partial charge in [0, 0.05) is 84.5 Å². The summed E-state index contributed by atoms with van der Waals surface area (Å²) < 4.78 is 7.21. The fourth-order valence-electron chi connectivity index (χ4n) is 5.24. The largest absolute Gasteiger partial charge is 0.390 e. The van der Waals surface area contributed by atoms with Gasteiger partial charge >= 0.3 is 0 Å². The summed E-state index contributed by atoms with van der Waals surface area (Å²) in [4.78, 5) is 37.6. The molecule has 0 unspecified atom stereocenters. The summed E-state index contributed by atoms with van der Waals surface area (Å²) >= 11 is 1.38. The van der Waals surface area contributed by atoms with Crippen LogP contribution < -0.4 is 10.6 Å². The number of carbonyl (C=O) groups is 2. The first-order chi connectivity index (χ1) is 22.2. The maximum Gasteiger partial charge on any atom is 0.275 e. The number of aromatic nitrogens is 4. The summed E-state index contributed by atoms with van der Waals surface area (Å²) in [5, 5.41) is 24.3. The summed E-state index contributed by atoms with van der Waals surface area (Å²) in [5.41, 5.74) is 3.62. The summed E-state index contributed by atoms with van der Waals surface area (Å²) in [7, 11) is 0. The summed E-state index contributed by atoms with van der Waals surface area (Å²) in [6, 6.07) is 14.9. The van der Waals surface area contributed by atoms with Gasteiger partial charge in [0.2, 0.25) is 0 Å². The lowest BCUT2D eigenvalue weighted by molar-refractivity contribution is 0.0383. The number of hydrogen-bond donors (Lipinski definition) is 3. The molecule has 0 saturated carbocycles. The molecule has 1 saturated heterocycles. The highest BCUT2D eigenvalue weighted by Gasteiger charge is 2.19. The van der Waals surface area contributed by atoms with Crippen LogP contribution >= 0.6 is 11.3 Å². The number of nitrogens with one attached hydrogen (secondary N) is 2. The maximum absolute atomic E-state index is 13.5. The molecule has 3 N–H and O–H groups in total. The average molecular weight is 640 g/mol. The Morgan fingerprint density at radius 1 is 1.04 bits per heavy atom. The predicted molar refractivity (Wildman–Crippen MR) is 179 cm³/mol. The van der Waals surface area contributed by atoms with Crippen molar-refractivity contribution in [1.82, 2.24) is 30.0 Å². The molecule has 0 atom stereocenters. The number of benzene rings is 2. The van der Waals surface area contributed by atoms with E-state index in [9.17, 15) is 14.7 Å². The first-order valence-corrected chi connectivity index (χ1v) is 16.2. The van der Waals surface area contributed by atoms with Crippen LogP contribution in [0.3, 0.4) is 0 Å². The van der Waals surface area contributed by atoms with Crippen molar-refractivity contribution in [2.45, 2.75) is 32.4 Å². The van der Waals surface area contributed by atoms with Gasteiger partial charge in [0.1, 0.15) is 10.7 Å². The van der Waals surface area contributed by atoms with Crippen LogP contribution in [0, 0.1) is 0 Å². The lowest BCUT2D eigenvalue weighted by Gasteiger charge is -2.26. The summed E-state index contributed by atoms with van der Waals surface area (Å²) in [5.74, 6) is -0.513. The smallest absolute Gasteiger partial charge is 0.275 e. The van der Waals surface area contributed by atoms with Crippen molar-refractivity contribution in [2.24, 2.45) is 0 Å². The van der Waals surface area contributed by atoms with Crippen LogP contribution in [0.4, 0.5) is 5.69 Å². The molecule has 6 rings (SSSR count). The minimum absolute atomic E-state index is 0.164. The van der Waals surface area contributed by atoms with Gasteiger partial charge in [-0.2, -0.15) is 5.10 Å². The number of pyridine rings is 1. The summed E-state index contributed by atoms with van der Waals surface area (Å²) in [6.07, 6.45) is 5.85. The normalized spacial score (nSPS) is 14.0. The fraction of sp³-hybridized carbons (Fsp3) is 0.324. The monoisotopic (exact) mass is 639 g/mol. The third kappa shape index (κ3) is 7.83. The number of hydrogen-bond acceptors (Lipinski definition) is 9. The fourth-order valence-corrected chi connectivity index (χ4v) is 6.03. The Morgan fingerprint density at radius 2 is 1.87 bits per heavy atom. The molecule has 11 nitrogen and oxygen atoms in total. The number of rotatable bonds is 11. The number of aryl methyl sites for hydroxylation is 1. The highest BCUT2D eigenvalue weighted by Crippen LogP contribution is 2.34. The van der Waals surface area contributed by atoms with Crippen molar-refractivity contribution in [2.75, 3.05) is 44.7 Å². The van der Waals surface area contributed by atoms with Gasteiger partial charge in [-0.1, -0.05) is 12.1 Å². The van der Waals surface area contributed by atoms with E-state index >= 15 is 0 Å². The number of morpholine rings is 1. The van der Waals surface area contributed by atoms with Crippen molar-refractivity contribution >= 4 is 39.7 Å². The van der Waals surface area contributed by atoms with E-state index in [4.69, 9.17) is 9.84 Å². The molecule has 4 heterocycles. The zero-order chi connectivity index (χ0) is 32.1. The highest BCUT2D eigenvalue weighted by atomic mass is 32.1. The van der Waals surface area contributed by atoms with Gasteiger partial charge in [-0.05, 0) is 62.2 Å². The highest BCUT2D eigenvalue weighted by molar-refractivity contribution is 7.13. The minimum Gasteiger partial charge on any atom is -0.390 e. The van der Waals surface area contributed by atoms with E-state index in [0.717, 1.165) is 47.2 Å². The van der Waals surface area contributed by atoms with Crippen molar-refractivity contribution in [3.63, 3.8) is 0 Å². The molecule has 238 valence electrons. The molecule has 2 aromatic carbocycles. The zero-order valence-corrected chi connectivity index (χ0v) is 26.7. The Morgan fingerprint density at radius 3 is 2.65 bits per heavy atom. The molecule has 1 aliphatic heterocycles. The SMILES string of the molecule is CC(C)(O)CCn1cc2cc(NC(=O)c3csc(-c4cccnc4)n3)c(-c3cccc(C(=O)NCCN4CCOCC4)c3)cc2n1. The number of carbonyl (C=O) groups excluding carboxylic acids is 2. The quantitative estimate of drug-likeness (QED) is 0.189. The second kappa shape index (κ2) is 13.9. The molecule has 1 fully saturated rings. The van der Waals surface area contributed by atoms with Crippen LogP contribution in [0.2, 0.25) is 0 Å². The van der Waals surface area contributed by atoms with Crippen LogP contribution in [0.5, 0.6) is 0 Å². The van der Waals surface area contributed by atoms with Crippen LogP contribution in [-0.2, 0) is 11.3 Å². The molecule has 5 aromatic rings. The number of anilines is 1. The minimum atomic E-state index is -0.826. The number of thiazole rings is 1. The molecular weight excluding hydrogens is 602 g/mol. The van der Waals surface area contributed by atoms with Crippen LogP contribution in [0.25, 0.3) is 32.6 Å². The van der Waals surface area contributed by atoms with E-state index in [1.54, 1.807) is 42.4 Å². The Bertz CT molecular complexity index is 1820. The Kier molecular flexibility index (Phi) is 9.50. The van der Waals surface area contributed by atoms with Gasteiger partial charge in [0.15, 0.2) is 0 Å². The maximum atomic E-state index is 13.5. The van der Waals surface area contributed by atoms with Gasteiger partial charge in [-0.15, -0.1) is 11.3 Å². The number of ether oxygens (including phenoxy) is 1. The van der Waals surface area contributed by atoms with E-state index in [1.807, 2.05) is 48.7 Å². The average Bonchev–Trinajstić information content (AvgIpc) is 3.72. The van der Waals surface area contributed by atoms with Crippen LogP contribution in [-0.4, -0.2) is 86.6 Å². The number of aliphatic hydroxyl groups is 1. The Labute approximate surface area is 271 Å². The van der Waals surface area contributed by atoms with E-state index < -0.39 is 5.60 Å². The first-order valence-electron chi connectivity index (χ1n) is 15.3. The molecule has 12 heteroatoms. The molecule has 2 amide bonds. The van der Waals surface area contributed by atoms with Crippen LogP contribution in [0.15, 0.2) is 72.5 Å². The van der Waals surface area contributed by atoms with Crippen molar-refractivity contribution in [3.8, 4) is 21.7 Å². The third-order valence-corrected chi connectivity index (χ3v) is 8.68. The molecule has 1 aliphatic rings. The molecule has 0 bridgehead atoms. The zero-order valence-electron chi connectivity index (χ0n) is 25.9. The molecule has 3 aromatic heterocycles. The Balaban J connectivity index is 1.27. The lowest BCUT2D eigenvalue weighted by Crippen LogP contribution is -2.41. The lowest BCUT2D eigenvalue weighted by atomic mass is 9.99. The second-order valence-corrected chi connectivity index (χ2v) is 12.8. The van der Waals surface area contributed by atoms with E-state index in [-0.39, 0.29) is 11.8 Å². The number of fused-ring (bicyclic) bond motifs is 1. The van der Waals surface area contributed by atoms with Crippen molar-refractivity contribution < 1.29 is 19.4 Å². The van der Waals surface area contributed by atoms with Gasteiger partial charge < -0.3 is 20.5 Å². The van der Waals surface area contributed by atoms with Gasteiger partial charge in [-0.3, -0.25) is 24.2 Å². The molecule has 0 spiro atoms. The van der Waals surface area contributed by atoms with Gasteiger partial charge in [0.05, 0.1) is 24.3 Å². The van der Waals surface area contributed by atoms with Gasteiger partial charge in [-0.25, -0.2) is 4.98 Å². The molecule has 0 radical (unpaired) electrons. The number of amides is 2. The Hall–Kier alpha value is -4.49. The van der Waals surface area contributed by atoms with Crippen molar-refractivity contribution in [3.05, 3.63) is 83.8 Å². The molecule has 46 heavy (non-hydrogen) atoms. The topological polar surface area (TPSA) is 134 Å². The molecular formula is C34H37N7O4S. The van der Waals surface area contributed by atoms with Crippen LogP contribution in [0.1, 0.15) is 41.1 Å². The standard InChI is InChI=1S/C34H37N7O4S/c1-34(2,44)8-11-41-21-26-18-29(37-32(43)30-22-46-33(38-30)25-7-4-9-35-20-25)27(19-28(26)39-41)23-5-3-6-24(17-23)31(42)36-10-12-40-13-15-45-16-14-40/h3-7,9,17-22,44H,8,10-16H2,1-2H3,(H,36,42)(H,37,43). The molecule has 0 aliphatic carbocycles. The van der Waals surface area contributed by atoms with E-state index in [1.165, 1.54) is 11.3 Å². The van der Waals surface area contributed by atoms with Crippen molar-refractivity contribution in [1.29, 1.82) is 0 Å². The second-order valence-electron chi connectivity index (χ2n) is 11.9. The number of nitrogens with zero attached hydrogens (tertiary/aromatic N) is 5. The first kappa shape index (κ1) is 31.5. The van der Waals surface area contributed by atoms with E-state index in [2.05, 4.69) is 25.5 Å². The summed E-state index contributed by atoms with van der Waals surface area (Å²) in [6.45, 7) is 8.52. The third-order valence-electron chi connectivity index (χ3n) is 7.79. The van der Waals surface area contributed by atoms with E-state index in [0.29, 0.717) is 54.7 Å². The van der Waals surface area contributed by atoms with Gasteiger partial charge in [0.25, 0.3) is 11.8 Å². The predicted octanol–water partition coefficient (Wildman–Crippen LogP) is 4.70.